The first-order chi connectivity index (χ1) is 49.1. The second kappa shape index (κ2) is 27.2. The fraction of sp³-hybridized carbons (Fsp3) is 0.191. The summed E-state index contributed by atoms with van der Waals surface area (Å²) in [6.45, 7) is 21.4. The predicted molar refractivity (Wildman–Crippen MR) is 419 cm³/mol. The summed E-state index contributed by atoms with van der Waals surface area (Å²) in [6.07, 6.45) is 0. The Morgan fingerprint density at radius 2 is 0.618 bits per heavy atom. The van der Waals surface area contributed by atoms with Gasteiger partial charge in [0.1, 0.15) is 0 Å². The third kappa shape index (κ3) is 11.6. The number of fused-ring (bicyclic) bond motifs is 6. The van der Waals surface area contributed by atoms with Gasteiger partial charge in [0.05, 0.1) is 33.7 Å². The quantitative estimate of drug-likeness (QED) is 0.0904. The minimum atomic E-state index is -4.37. The predicted octanol–water partition coefficient (Wildman–Crippen LogP) is 20.3. The molecule has 0 aliphatic heterocycles. The molecule has 4 aliphatic rings. The maximum Gasteiger partial charge on any atom is 0.243 e. The Morgan fingerprint density at radius 1 is 0.343 bits per heavy atom. The highest BCUT2D eigenvalue weighted by atomic mass is 32.2. The van der Waals surface area contributed by atoms with Crippen LogP contribution in [-0.4, -0.2) is 51.6 Å². The lowest BCUT2D eigenvalue weighted by Gasteiger charge is -2.38. The van der Waals surface area contributed by atoms with Gasteiger partial charge in [-0.3, -0.25) is 0 Å². The van der Waals surface area contributed by atoms with E-state index in [2.05, 4.69) is 273 Å². The Morgan fingerprint density at radius 3 is 0.912 bits per heavy atom. The summed E-state index contributed by atoms with van der Waals surface area (Å²) in [5.41, 5.74) is 21.6. The van der Waals surface area contributed by atoms with Crippen molar-refractivity contribution in [2.75, 3.05) is 26.2 Å². The van der Waals surface area contributed by atoms with E-state index in [1.807, 2.05) is 74.5 Å². The van der Waals surface area contributed by atoms with E-state index in [4.69, 9.17) is 0 Å². The molecule has 2 atom stereocenters. The molecule has 0 aromatic heterocycles. The number of hydrogen-bond donors (Lipinski definition) is 0. The number of rotatable bonds is 16. The standard InChI is InChI=1S/C94H84N2O4S2/c1-65(2)85-87(81(69-37-19-13-20-38-69)70-39-21-14-22-40-70)93(79-51-33-31-49-77(79)83(89(93)91(85,7)8)73-45-27-17-28-46-73)63-95(101(97,98)75-57-53-67(5)54-58-75)61-35-11-12-36-62-96(102(99,100)76-59-55-68(6)56-60-76)64-94-80-52-34-32-50-78(80)84(74-47-29-18-30-48-74)90(94)92(9,10)86(66(3)4)88(94)82(71-41-23-15-24-42-71)72-43-25-16-26-44-72/h13-34,37-60H,61-64H2,1-10H3. The van der Waals surface area contributed by atoms with Crippen molar-refractivity contribution < 1.29 is 16.8 Å². The van der Waals surface area contributed by atoms with Crippen LogP contribution >= 0.6 is 0 Å². The largest absolute Gasteiger partial charge is 0.243 e. The minimum absolute atomic E-state index is 0.0204. The fourth-order valence-corrected chi connectivity index (χ4v) is 20.5. The summed E-state index contributed by atoms with van der Waals surface area (Å²) in [6, 6.07) is 94.4. The van der Waals surface area contributed by atoms with Crippen LogP contribution in [0.3, 0.4) is 0 Å². The monoisotopic (exact) mass is 1370 g/mol. The van der Waals surface area contributed by atoms with Gasteiger partial charge >= 0.3 is 0 Å². The summed E-state index contributed by atoms with van der Waals surface area (Å²) in [5.74, 6) is 13.0. The third-order valence-corrected chi connectivity index (χ3v) is 24.9. The van der Waals surface area contributed by atoms with Crippen molar-refractivity contribution in [2.45, 2.75) is 89.9 Å². The lowest BCUT2D eigenvalue weighted by Crippen LogP contribution is -2.45. The maximum absolute atomic E-state index is 16.3. The number of nitrogens with zero attached hydrogens (tertiary/aromatic N) is 2. The summed E-state index contributed by atoms with van der Waals surface area (Å²) < 4.78 is 68.2. The molecule has 6 nitrogen and oxygen atoms in total. The summed E-state index contributed by atoms with van der Waals surface area (Å²) >= 11 is 0. The zero-order valence-corrected chi connectivity index (χ0v) is 61.4. The van der Waals surface area contributed by atoms with Gasteiger partial charge in [-0.25, -0.2) is 16.8 Å². The molecular weight excluding hydrogens is 1290 g/mol. The summed E-state index contributed by atoms with van der Waals surface area (Å²) in [7, 11) is -8.74. The van der Waals surface area contributed by atoms with Crippen LogP contribution in [0.2, 0.25) is 0 Å². The average molecular weight is 1370 g/mol. The Bertz CT molecular complexity index is 5070. The van der Waals surface area contributed by atoms with E-state index in [0.29, 0.717) is 0 Å². The van der Waals surface area contributed by atoms with Crippen molar-refractivity contribution in [3.05, 3.63) is 390 Å². The maximum atomic E-state index is 16.3. The van der Waals surface area contributed by atoms with E-state index in [9.17, 15) is 0 Å². The minimum Gasteiger partial charge on any atom is -0.207 e. The van der Waals surface area contributed by atoms with Crippen LogP contribution in [-0.2, 0) is 30.9 Å². The van der Waals surface area contributed by atoms with Crippen molar-refractivity contribution >= 4 is 42.3 Å². The molecule has 10 aromatic carbocycles. The van der Waals surface area contributed by atoms with Crippen molar-refractivity contribution in [2.24, 2.45) is 10.8 Å². The van der Waals surface area contributed by atoms with E-state index in [1.165, 1.54) is 0 Å². The Hall–Kier alpha value is -10.4. The molecule has 0 heterocycles. The number of sulfonamides is 2. The summed E-state index contributed by atoms with van der Waals surface area (Å²) in [4.78, 5) is 0.287. The van der Waals surface area contributed by atoms with Crippen LogP contribution < -0.4 is 0 Å². The first kappa shape index (κ1) is 68.7. The van der Waals surface area contributed by atoms with Gasteiger partial charge < -0.3 is 0 Å². The lowest BCUT2D eigenvalue weighted by molar-refractivity contribution is 0.381. The SMILES string of the molecule is CC(C)=C1C(=C(c2ccccc2)c2ccccc2)C2(CN(CC#CC#CCN(CC34C(=C(c5ccccc5)c5ccccc5)C(=C(C)C)C(C)(C)C3=C(c3ccccc3)c3ccccc34)S(=O)(=O)c3ccc(C)cc3)S(=O)(=O)c3ccc(C)cc3)C(=C(c3ccccc3)c3ccccc32)C1(C)C. The number of benzene rings is 10. The van der Waals surface area contributed by atoms with Crippen LogP contribution in [0.15, 0.2) is 333 Å². The highest BCUT2D eigenvalue weighted by molar-refractivity contribution is 7.89. The smallest absolute Gasteiger partial charge is 0.207 e. The van der Waals surface area contributed by atoms with Gasteiger partial charge in [-0.2, -0.15) is 8.61 Å². The first-order valence-electron chi connectivity index (χ1n) is 35.1. The van der Waals surface area contributed by atoms with Gasteiger partial charge in [0.2, 0.25) is 20.0 Å². The zero-order valence-electron chi connectivity index (χ0n) is 59.7. The number of allylic oxidation sites excluding steroid dienone is 4. The molecule has 14 rings (SSSR count). The molecule has 0 saturated heterocycles. The molecule has 4 aliphatic carbocycles. The average Bonchev–Trinajstić information content (AvgIpc) is 1.50. The van der Waals surface area contributed by atoms with Crippen molar-refractivity contribution in [1.82, 2.24) is 8.61 Å². The van der Waals surface area contributed by atoms with Gasteiger partial charge in [0.15, 0.2) is 0 Å². The van der Waals surface area contributed by atoms with Gasteiger partial charge in [-0.15, -0.1) is 0 Å². The highest BCUT2D eigenvalue weighted by Crippen LogP contribution is 2.72. The van der Waals surface area contributed by atoms with Crippen LogP contribution in [0.4, 0.5) is 0 Å². The fourth-order valence-electron chi connectivity index (χ4n) is 17.7. The molecule has 0 radical (unpaired) electrons. The topological polar surface area (TPSA) is 74.8 Å². The first-order valence-corrected chi connectivity index (χ1v) is 38.0. The zero-order chi connectivity index (χ0) is 71.3. The third-order valence-electron chi connectivity index (χ3n) is 21.3. The molecule has 506 valence electrons. The van der Waals surface area contributed by atoms with E-state index < -0.39 is 41.7 Å². The second-order valence-corrected chi connectivity index (χ2v) is 32.7. The van der Waals surface area contributed by atoms with E-state index >= 15 is 16.8 Å². The molecule has 8 heteroatoms. The molecule has 0 spiro atoms. The van der Waals surface area contributed by atoms with Crippen LogP contribution in [0.1, 0.15) is 122 Å². The second-order valence-electron chi connectivity index (χ2n) is 28.9. The van der Waals surface area contributed by atoms with Gasteiger partial charge in [0, 0.05) is 23.9 Å². The molecule has 2 saturated carbocycles. The molecule has 10 aromatic rings. The number of aryl methyl sites for hydroxylation is 2. The van der Waals surface area contributed by atoms with Crippen molar-refractivity contribution in [1.29, 1.82) is 0 Å². The van der Waals surface area contributed by atoms with Crippen molar-refractivity contribution in [3.8, 4) is 23.7 Å². The van der Waals surface area contributed by atoms with Crippen molar-refractivity contribution in [3.63, 3.8) is 0 Å². The van der Waals surface area contributed by atoms with Crippen LogP contribution in [0.25, 0.3) is 22.3 Å². The van der Waals surface area contributed by atoms with E-state index in [1.54, 1.807) is 32.9 Å². The molecule has 102 heavy (non-hydrogen) atoms. The Balaban J connectivity index is 0.977. The Labute approximate surface area is 604 Å². The molecule has 0 amide bonds. The molecular formula is C94H84N2O4S2. The summed E-state index contributed by atoms with van der Waals surface area (Å²) in [5, 5.41) is 0. The van der Waals surface area contributed by atoms with Gasteiger partial charge in [-0.05, 0) is 189 Å². The van der Waals surface area contributed by atoms with Crippen LogP contribution in [0, 0.1) is 48.4 Å². The van der Waals surface area contributed by atoms with E-state index in [-0.39, 0.29) is 36.0 Å². The molecule has 2 fully saturated rings. The normalized spacial score (nSPS) is 17.7. The van der Waals surface area contributed by atoms with E-state index in [0.717, 1.165) is 134 Å². The molecule has 0 bridgehead atoms. The number of hydrogen-bond acceptors (Lipinski definition) is 4. The molecule has 0 N–H and O–H groups in total. The Kier molecular flexibility index (Phi) is 18.3. The highest BCUT2D eigenvalue weighted by Gasteiger charge is 2.64. The lowest BCUT2D eigenvalue weighted by atomic mass is 9.70. The van der Waals surface area contributed by atoms with Gasteiger partial charge in [0.25, 0.3) is 0 Å². The van der Waals surface area contributed by atoms with Crippen LogP contribution in [0.5, 0.6) is 0 Å². The molecule has 2 unspecified atom stereocenters. The van der Waals surface area contributed by atoms with Gasteiger partial charge in [-0.1, -0.05) is 317 Å².